The number of aliphatic carboxylic acids is 2. The summed E-state index contributed by atoms with van der Waals surface area (Å²) in [5.41, 5.74) is 2.10. The van der Waals surface area contributed by atoms with Crippen molar-refractivity contribution in [2.45, 2.75) is 309 Å². The fraction of sp³-hybridized carbons (Fsp3) is 0.763. The predicted octanol–water partition coefficient (Wildman–Crippen LogP) is 11.0. The Labute approximate surface area is 671 Å². The summed E-state index contributed by atoms with van der Waals surface area (Å²) in [7, 11) is -15.0. The van der Waals surface area contributed by atoms with Gasteiger partial charge in [0.05, 0.1) is 39.1 Å². The summed E-state index contributed by atoms with van der Waals surface area (Å²) in [5.74, 6) is -4.34. The number of carboxylic acids is 2. The van der Waals surface area contributed by atoms with E-state index in [-0.39, 0.29) is 96.5 Å². The van der Waals surface area contributed by atoms with E-state index in [1.54, 1.807) is 20.4 Å². The average molecular weight is 1700 g/mol. The highest BCUT2D eigenvalue weighted by Gasteiger charge is 2.48. The van der Waals surface area contributed by atoms with Crippen molar-refractivity contribution in [3.8, 4) is 11.5 Å². The second-order valence-electron chi connectivity index (χ2n) is 34.2. The molecular weight excluding hydrogens is 1560 g/mol. The number of rotatable bonds is 55. The van der Waals surface area contributed by atoms with Crippen molar-refractivity contribution in [3.63, 3.8) is 0 Å². The molecule has 0 saturated heterocycles. The second-order valence-corrected chi connectivity index (χ2v) is 57.4. The Hall–Kier alpha value is -4.16. The number of hydrogen-bond acceptors (Lipinski definition) is 28. The van der Waals surface area contributed by atoms with Crippen molar-refractivity contribution in [2.24, 2.45) is 0 Å². The van der Waals surface area contributed by atoms with E-state index in [1.165, 1.54) is 14.2 Å². The highest BCUT2D eigenvalue weighted by Crippen LogP contribution is 2.44. The summed E-state index contributed by atoms with van der Waals surface area (Å²) in [6.07, 6.45) is -8.32. The van der Waals surface area contributed by atoms with E-state index in [1.807, 2.05) is 153 Å². The van der Waals surface area contributed by atoms with Crippen molar-refractivity contribution < 1.29 is 142 Å². The number of carboxylic acid groups (broad SMARTS) is 2. The van der Waals surface area contributed by atoms with E-state index in [2.05, 4.69) is 0 Å². The molecule has 2 aromatic rings. The van der Waals surface area contributed by atoms with Gasteiger partial charge in [-0.05, 0) is 129 Å². The number of esters is 4. The maximum atomic E-state index is 13.8. The molecule has 0 heterocycles. The van der Waals surface area contributed by atoms with Crippen LogP contribution >= 0.6 is 0 Å². The molecule has 0 aliphatic rings. The Morgan fingerprint density at radius 2 is 0.670 bits per heavy atom. The molecule has 0 radical (unpaired) electrons. The molecule has 0 spiro atoms. The first kappa shape index (κ1) is 104. The lowest BCUT2D eigenvalue weighted by Crippen LogP contribution is -2.57. The number of aliphatic hydroxyl groups excluding tert-OH is 6. The number of benzene rings is 2. The first-order valence-electron chi connectivity index (χ1n) is 38.7. The van der Waals surface area contributed by atoms with Gasteiger partial charge in [0, 0.05) is 87.1 Å². The van der Waals surface area contributed by atoms with Crippen LogP contribution in [-0.2, 0) is 126 Å². The molecule has 30 nitrogen and oxygen atoms in total. The van der Waals surface area contributed by atoms with Crippen molar-refractivity contribution >= 4 is 86.7 Å². The van der Waals surface area contributed by atoms with Crippen LogP contribution in [0.4, 0.5) is 0 Å². The topological polar surface area (TPSA) is 412 Å². The summed E-state index contributed by atoms with van der Waals surface area (Å²) < 4.78 is 95.8. The van der Waals surface area contributed by atoms with Crippen LogP contribution in [0.5, 0.6) is 11.5 Å². The summed E-state index contributed by atoms with van der Waals surface area (Å²) in [4.78, 5) is 76.4. The minimum absolute atomic E-state index is 0.00488. The van der Waals surface area contributed by atoms with E-state index in [0.29, 0.717) is 64.7 Å². The molecule has 8 N–H and O–H groups in total. The maximum Gasteiger partial charge on any atom is 0.337 e. The highest BCUT2D eigenvalue weighted by molar-refractivity contribution is 6.88. The quantitative estimate of drug-likeness (QED) is 0.0100. The zero-order valence-electron chi connectivity index (χ0n) is 71.3. The molecule has 2 aromatic carbocycles. The zero-order valence-corrected chi connectivity index (χ0v) is 77.3. The van der Waals surface area contributed by atoms with Crippen LogP contribution in [0.15, 0.2) is 24.3 Å². The van der Waals surface area contributed by atoms with Gasteiger partial charge in [0.25, 0.3) is 0 Å². The predicted molar refractivity (Wildman–Crippen MR) is 432 cm³/mol. The zero-order chi connectivity index (χ0) is 85.7. The van der Waals surface area contributed by atoms with Gasteiger partial charge in [-0.15, -0.1) is 0 Å². The van der Waals surface area contributed by atoms with Crippen LogP contribution in [0.1, 0.15) is 182 Å². The molecule has 0 bridgehead atoms. The molecule has 2 rings (SSSR count). The minimum atomic E-state index is -3.26. The molecule has 0 aromatic heterocycles. The lowest BCUT2D eigenvalue weighted by atomic mass is 9.78. The second kappa shape index (κ2) is 46.8. The number of hydrogen-bond donors (Lipinski definition) is 8. The summed E-state index contributed by atoms with van der Waals surface area (Å²) in [6.45, 7) is 41.7. The number of carbonyl (C=O) groups excluding carboxylic acids is 4. The van der Waals surface area contributed by atoms with E-state index >= 15 is 0 Å². The van der Waals surface area contributed by atoms with Crippen molar-refractivity contribution in [1.29, 1.82) is 0 Å². The fourth-order valence-corrected chi connectivity index (χ4v) is 37.2. The molecular formula is C76H138O30Si6. The third kappa shape index (κ3) is 40.8. The van der Waals surface area contributed by atoms with Crippen molar-refractivity contribution in [1.82, 2.24) is 0 Å². The monoisotopic (exact) mass is 1700 g/mol. The lowest BCUT2D eigenvalue weighted by Gasteiger charge is -2.41. The third-order valence-corrected chi connectivity index (χ3v) is 42.0. The number of ether oxygens (including phenoxy) is 10. The smallest absolute Gasteiger partial charge is 0.337 e. The normalized spacial score (nSPS) is 16.5. The Balaban J connectivity index is 2.14. The highest BCUT2D eigenvalue weighted by atomic mass is 28.5. The minimum Gasteiger partial charge on any atom is -0.481 e. The van der Waals surface area contributed by atoms with Gasteiger partial charge in [0.2, 0.25) is 0 Å². The van der Waals surface area contributed by atoms with Gasteiger partial charge in [-0.25, -0.2) is 4.79 Å². The average Bonchev–Trinajstić information content (AvgIpc) is 0.776. The van der Waals surface area contributed by atoms with E-state index in [0.717, 1.165) is 11.1 Å². The van der Waals surface area contributed by atoms with Gasteiger partial charge >= 0.3 is 70.1 Å². The van der Waals surface area contributed by atoms with Gasteiger partial charge in [0.15, 0.2) is 54.4 Å². The van der Waals surface area contributed by atoms with Crippen LogP contribution < -0.4 is 9.47 Å². The first-order chi connectivity index (χ1) is 51.4. The maximum absolute atomic E-state index is 13.8. The lowest BCUT2D eigenvalue weighted by molar-refractivity contribution is -0.154. The molecule has 0 aliphatic heterocycles. The van der Waals surface area contributed by atoms with E-state index in [9.17, 15) is 59.4 Å². The standard InChI is InChI=1S/C76H138O30Si6/c1-25-61(81)95-34-40-107(17,18)103-111(23,43-37-98-66(86)49-59(77)78)105-109(21,91-15)39-31-65(85)100-52-70(90)102-72-57(75(9,10)11)47-54(48-58(72)76(12,13)14)28-30-64(84)94-33-32-93-63(83)29-27-53-45-55(73(3,4)5)71(56(46-53)74(6,7)8)101-69(89)51-68(88)97-35-41-108(19,20)104-112(24,44-38-99-67(87)50-60(79)80)106-110(22,92-16)42-36-96-62(82)26-2/h45-48,61-62,65-68,81-82,85-88H,25-44,49-52H2,1-24H3,(H,77,78)(H,79,80). The Bertz CT molecular complexity index is 3180. The van der Waals surface area contributed by atoms with Gasteiger partial charge in [-0.2, -0.15) is 0 Å². The summed E-state index contributed by atoms with van der Waals surface area (Å²) in [6, 6.07) is 9.40. The number of aryl methyl sites for hydroxylation is 2. The van der Waals surface area contributed by atoms with Crippen molar-refractivity contribution in [2.75, 3.05) is 67.1 Å². The van der Waals surface area contributed by atoms with E-state index < -0.39 is 172 Å². The van der Waals surface area contributed by atoms with Gasteiger partial charge in [-0.3, -0.25) is 24.0 Å². The Morgan fingerprint density at radius 3 is 0.991 bits per heavy atom. The summed E-state index contributed by atoms with van der Waals surface area (Å²) in [5, 5.41) is 80.7. The van der Waals surface area contributed by atoms with Crippen LogP contribution in [0.25, 0.3) is 0 Å². The third-order valence-electron chi connectivity index (χ3n) is 18.1. The Kier molecular flexibility index (Phi) is 43.5. The van der Waals surface area contributed by atoms with Crippen LogP contribution in [0.3, 0.4) is 0 Å². The van der Waals surface area contributed by atoms with E-state index in [4.69, 9.17) is 82.9 Å². The molecule has 36 heteroatoms. The van der Waals surface area contributed by atoms with Gasteiger partial charge in [-0.1, -0.05) is 121 Å². The van der Waals surface area contributed by atoms with Gasteiger partial charge < -0.3 is 114 Å². The fourth-order valence-electron chi connectivity index (χ4n) is 11.7. The number of carbonyl (C=O) groups is 6. The molecule has 0 aliphatic carbocycles. The van der Waals surface area contributed by atoms with Crippen LogP contribution in [-0.4, -0.2) is 232 Å². The molecule has 112 heavy (non-hydrogen) atoms. The largest absolute Gasteiger partial charge is 0.481 e. The Morgan fingerprint density at radius 1 is 0.366 bits per heavy atom. The molecule has 0 fully saturated rings. The van der Waals surface area contributed by atoms with Crippen LogP contribution in [0, 0.1) is 0 Å². The molecule has 0 amide bonds. The molecule has 646 valence electrons. The summed E-state index contributed by atoms with van der Waals surface area (Å²) >= 11 is 0. The first-order valence-corrected chi connectivity index (χ1v) is 55.0. The van der Waals surface area contributed by atoms with Crippen molar-refractivity contribution in [3.05, 3.63) is 57.6 Å². The van der Waals surface area contributed by atoms with Gasteiger partial charge in [0.1, 0.15) is 31.3 Å². The number of aliphatic hydroxyl groups is 6. The SMILES string of the molecule is CCC(O)OCC[Si](C)(C)O[Si](C)(CCOC(O)CC(=O)O)O[Si](C)(CCC(O)OCC(=O)Oc1c(C(C)(C)C)cc(CCC(=O)OCCOC(=O)CCc2cc(C(C)(C)C)c(OC(=O)CC(O)OCC[Si](C)(C)O[Si](C)(CCOC(O)CC(=O)O)O[Si](C)(CCOC(O)CC)OC)c(C(C)(C)C)c2)cc1C(C)(C)C)OC. The molecule has 10 unspecified atom stereocenters. The molecule has 10 atom stereocenters. The van der Waals surface area contributed by atoms with Crippen LogP contribution in [0.2, 0.25) is 88.6 Å². The molecule has 0 saturated carbocycles.